The van der Waals surface area contributed by atoms with Crippen molar-refractivity contribution in [3.05, 3.63) is 70.7 Å². The zero-order valence-electron chi connectivity index (χ0n) is 14.7. The number of rotatable bonds is 9. The predicted molar refractivity (Wildman–Crippen MR) is 104 cm³/mol. The van der Waals surface area contributed by atoms with Crippen LogP contribution in [0, 0.1) is 0 Å². The van der Waals surface area contributed by atoms with E-state index < -0.39 is 0 Å². The van der Waals surface area contributed by atoms with E-state index in [4.69, 9.17) is 11.6 Å². The van der Waals surface area contributed by atoms with Crippen molar-refractivity contribution in [2.45, 2.75) is 19.9 Å². The van der Waals surface area contributed by atoms with Gasteiger partial charge in [-0.05, 0) is 36.2 Å². The molecule has 2 aromatic carbocycles. The minimum Gasteiger partial charge on any atom is -0.337 e. The van der Waals surface area contributed by atoms with Gasteiger partial charge in [0, 0.05) is 31.2 Å². The number of benzene rings is 2. The maximum Gasteiger partial charge on any atom is 0.315 e. The quantitative estimate of drug-likeness (QED) is 0.717. The SMILES string of the molecule is CCN(CCNC(=O)NCc1ccccc1)CCc1ccc(Cl)cc1. The highest BCUT2D eigenvalue weighted by Gasteiger charge is 2.05. The summed E-state index contributed by atoms with van der Waals surface area (Å²) in [6, 6.07) is 17.7. The third kappa shape index (κ3) is 7.59. The van der Waals surface area contributed by atoms with E-state index in [1.165, 1.54) is 5.56 Å². The normalized spacial score (nSPS) is 10.7. The molecule has 0 aliphatic carbocycles. The minimum absolute atomic E-state index is 0.127. The Morgan fingerprint density at radius 2 is 1.68 bits per heavy atom. The molecule has 5 heteroatoms. The lowest BCUT2D eigenvalue weighted by Crippen LogP contribution is -2.40. The number of nitrogens with one attached hydrogen (secondary N) is 2. The molecule has 0 fully saturated rings. The molecule has 0 spiro atoms. The van der Waals surface area contributed by atoms with Crippen molar-refractivity contribution in [3.8, 4) is 0 Å². The topological polar surface area (TPSA) is 44.4 Å². The Morgan fingerprint density at radius 3 is 2.36 bits per heavy atom. The summed E-state index contributed by atoms with van der Waals surface area (Å²) in [5, 5.41) is 6.55. The highest BCUT2D eigenvalue weighted by molar-refractivity contribution is 6.30. The van der Waals surface area contributed by atoms with Crippen LogP contribution in [0.2, 0.25) is 5.02 Å². The average Bonchev–Trinajstić information content (AvgIpc) is 2.65. The molecule has 0 aliphatic heterocycles. The molecular formula is C20H26ClN3O. The second-order valence-electron chi connectivity index (χ2n) is 5.91. The molecule has 4 nitrogen and oxygen atoms in total. The molecule has 2 aromatic rings. The summed E-state index contributed by atoms with van der Waals surface area (Å²) in [6.07, 6.45) is 0.977. The lowest BCUT2D eigenvalue weighted by Gasteiger charge is -2.20. The number of likely N-dealkylation sites (N-methyl/N-ethyl adjacent to an activating group) is 1. The van der Waals surface area contributed by atoms with Gasteiger partial charge in [0.1, 0.15) is 0 Å². The van der Waals surface area contributed by atoms with Crippen molar-refractivity contribution in [2.24, 2.45) is 0 Å². The summed E-state index contributed by atoms with van der Waals surface area (Å²) in [4.78, 5) is 14.2. The van der Waals surface area contributed by atoms with E-state index in [0.29, 0.717) is 13.1 Å². The van der Waals surface area contributed by atoms with E-state index in [2.05, 4.69) is 34.6 Å². The maximum atomic E-state index is 11.8. The number of urea groups is 1. The van der Waals surface area contributed by atoms with E-state index in [0.717, 1.165) is 36.6 Å². The van der Waals surface area contributed by atoms with E-state index >= 15 is 0 Å². The second-order valence-corrected chi connectivity index (χ2v) is 6.34. The number of nitrogens with zero attached hydrogens (tertiary/aromatic N) is 1. The van der Waals surface area contributed by atoms with Crippen LogP contribution in [0.1, 0.15) is 18.1 Å². The van der Waals surface area contributed by atoms with Gasteiger partial charge in [0.05, 0.1) is 0 Å². The van der Waals surface area contributed by atoms with Gasteiger partial charge in [-0.1, -0.05) is 61.0 Å². The smallest absolute Gasteiger partial charge is 0.315 e. The Hall–Kier alpha value is -2.04. The Balaban J connectivity index is 1.62. The summed E-state index contributed by atoms with van der Waals surface area (Å²) in [5.74, 6) is 0. The predicted octanol–water partition coefficient (Wildman–Crippen LogP) is 3.70. The van der Waals surface area contributed by atoms with Gasteiger partial charge in [0.25, 0.3) is 0 Å². The molecule has 134 valence electrons. The molecule has 2 N–H and O–H groups in total. The van der Waals surface area contributed by atoms with Crippen LogP contribution in [-0.4, -0.2) is 37.1 Å². The summed E-state index contributed by atoms with van der Waals surface area (Å²) >= 11 is 5.91. The van der Waals surface area contributed by atoms with Gasteiger partial charge in [-0.15, -0.1) is 0 Å². The van der Waals surface area contributed by atoms with Crippen LogP contribution in [0.5, 0.6) is 0 Å². The monoisotopic (exact) mass is 359 g/mol. The van der Waals surface area contributed by atoms with Crippen LogP contribution in [-0.2, 0) is 13.0 Å². The Labute approximate surface area is 155 Å². The van der Waals surface area contributed by atoms with E-state index in [1.807, 2.05) is 42.5 Å². The largest absolute Gasteiger partial charge is 0.337 e. The molecule has 0 unspecified atom stereocenters. The van der Waals surface area contributed by atoms with E-state index in [1.54, 1.807) is 0 Å². The van der Waals surface area contributed by atoms with Crippen molar-refractivity contribution >= 4 is 17.6 Å². The highest BCUT2D eigenvalue weighted by Crippen LogP contribution is 2.10. The van der Waals surface area contributed by atoms with Crippen molar-refractivity contribution in [1.82, 2.24) is 15.5 Å². The van der Waals surface area contributed by atoms with Crippen LogP contribution >= 0.6 is 11.6 Å². The lowest BCUT2D eigenvalue weighted by atomic mass is 10.1. The first-order valence-electron chi connectivity index (χ1n) is 8.70. The minimum atomic E-state index is -0.127. The molecule has 0 saturated carbocycles. The summed E-state index contributed by atoms with van der Waals surface area (Å²) < 4.78 is 0. The highest BCUT2D eigenvalue weighted by atomic mass is 35.5. The fraction of sp³-hybridized carbons (Fsp3) is 0.350. The zero-order valence-corrected chi connectivity index (χ0v) is 15.4. The first kappa shape index (κ1) is 19.3. The number of carbonyl (C=O) groups is 1. The first-order valence-corrected chi connectivity index (χ1v) is 9.07. The maximum absolute atomic E-state index is 11.8. The van der Waals surface area contributed by atoms with Crippen LogP contribution in [0.3, 0.4) is 0 Å². The lowest BCUT2D eigenvalue weighted by molar-refractivity contribution is 0.236. The Bertz CT molecular complexity index is 631. The summed E-state index contributed by atoms with van der Waals surface area (Å²) in [5.41, 5.74) is 2.37. The molecule has 2 amide bonds. The molecule has 0 aliphatic rings. The zero-order chi connectivity index (χ0) is 17.9. The summed E-state index contributed by atoms with van der Waals surface area (Å²) in [7, 11) is 0. The molecule has 0 aromatic heterocycles. The fourth-order valence-electron chi connectivity index (χ4n) is 2.53. The van der Waals surface area contributed by atoms with Gasteiger partial charge in [-0.3, -0.25) is 0 Å². The van der Waals surface area contributed by atoms with Gasteiger partial charge in [0.15, 0.2) is 0 Å². The number of hydrogen-bond donors (Lipinski definition) is 2. The molecular weight excluding hydrogens is 334 g/mol. The average molecular weight is 360 g/mol. The fourth-order valence-corrected chi connectivity index (χ4v) is 2.66. The van der Waals surface area contributed by atoms with Gasteiger partial charge < -0.3 is 15.5 Å². The third-order valence-electron chi connectivity index (χ3n) is 4.09. The van der Waals surface area contributed by atoms with Gasteiger partial charge in [-0.25, -0.2) is 4.79 Å². The van der Waals surface area contributed by atoms with E-state index in [-0.39, 0.29) is 6.03 Å². The van der Waals surface area contributed by atoms with Crippen LogP contribution < -0.4 is 10.6 Å². The van der Waals surface area contributed by atoms with Gasteiger partial charge in [0.2, 0.25) is 0 Å². The van der Waals surface area contributed by atoms with Gasteiger partial charge >= 0.3 is 6.03 Å². The van der Waals surface area contributed by atoms with Gasteiger partial charge in [-0.2, -0.15) is 0 Å². The van der Waals surface area contributed by atoms with Crippen LogP contribution in [0.15, 0.2) is 54.6 Å². The standard InChI is InChI=1S/C20H26ClN3O/c1-2-24(14-12-17-8-10-19(21)11-9-17)15-13-22-20(25)23-16-18-6-4-3-5-7-18/h3-11H,2,12-16H2,1H3,(H2,22,23,25). The summed E-state index contributed by atoms with van der Waals surface area (Å²) in [6.45, 7) is 6.07. The van der Waals surface area contributed by atoms with Crippen molar-refractivity contribution < 1.29 is 4.79 Å². The van der Waals surface area contributed by atoms with E-state index in [9.17, 15) is 4.79 Å². The molecule has 25 heavy (non-hydrogen) atoms. The molecule has 0 bridgehead atoms. The van der Waals surface area contributed by atoms with Crippen molar-refractivity contribution in [2.75, 3.05) is 26.2 Å². The Morgan fingerprint density at radius 1 is 0.960 bits per heavy atom. The molecule has 0 heterocycles. The number of amides is 2. The van der Waals surface area contributed by atoms with Crippen LogP contribution in [0.4, 0.5) is 4.79 Å². The third-order valence-corrected chi connectivity index (χ3v) is 4.34. The Kier molecular flexibility index (Phi) is 8.29. The van der Waals surface area contributed by atoms with Crippen molar-refractivity contribution in [1.29, 1.82) is 0 Å². The first-order chi connectivity index (χ1) is 12.2. The second kappa shape index (κ2) is 10.7. The van der Waals surface area contributed by atoms with Crippen LogP contribution in [0.25, 0.3) is 0 Å². The molecule has 0 saturated heterocycles. The van der Waals surface area contributed by atoms with Crippen molar-refractivity contribution in [3.63, 3.8) is 0 Å². The number of carbonyl (C=O) groups excluding carboxylic acids is 1. The molecule has 2 rings (SSSR count). The molecule has 0 radical (unpaired) electrons. The molecule has 0 atom stereocenters. The number of hydrogen-bond acceptors (Lipinski definition) is 2. The number of halogens is 1.